The first-order valence-corrected chi connectivity index (χ1v) is 8.66. The second-order valence-electron chi connectivity index (χ2n) is 6.30. The molecular formula is C22H20N4. The van der Waals surface area contributed by atoms with Crippen LogP contribution in [0.25, 0.3) is 11.1 Å². The maximum absolute atomic E-state index is 4.64. The van der Waals surface area contributed by atoms with Gasteiger partial charge in [0, 0.05) is 18.1 Å². The third-order valence-electron chi connectivity index (χ3n) is 4.66. The molecule has 128 valence electrons. The lowest BCUT2D eigenvalue weighted by molar-refractivity contribution is 0.724. The molecule has 2 aliphatic heterocycles. The van der Waals surface area contributed by atoms with Gasteiger partial charge < -0.3 is 5.32 Å². The Labute approximate surface area is 153 Å². The van der Waals surface area contributed by atoms with Crippen LogP contribution in [-0.4, -0.2) is 29.8 Å². The van der Waals surface area contributed by atoms with Crippen molar-refractivity contribution in [2.45, 2.75) is 19.0 Å². The van der Waals surface area contributed by atoms with Gasteiger partial charge >= 0.3 is 0 Å². The maximum atomic E-state index is 4.64. The molecule has 0 amide bonds. The van der Waals surface area contributed by atoms with Gasteiger partial charge in [-0.1, -0.05) is 49.0 Å². The predicted octanol–water partition coefficient (Wildman–Crippen LogP) is 4.45. The predicted molar refractivity (Wildman–Crippen MR) is 111 cm³/mol. The molecule has 1 N–H and O–H groups in total. The molecule has 4 nitrogen and oxygen atoms in total. The van der Waals surface area contributed by atoms with Crippen molar-refractivity contribution in [3.63, 3.8) is 0 Å². The molecule has 0 radical (unpaired) electrons. The number of nitrogens with one attached hydrogen (secondary N) is 1. The quantitative estimate of drug-likeness (QED) is 0.882. The van der Waals surface area contributed by atoms with Gasteiger partial charge in [-0.15, -0.1) is 0 Å². The molecule has 0 aliphatic carbocycles. The molecule has 0 bridgehead atoms. The van der Waals surface area contributed by atoms with E-state index in [1.54, 1.807) is 18.5 Å². The molecule has 2 unspecified atom stereocenters. The lowest BCUT2D eigenvalue weighted by Crippen LogP contribution is -2.39. The van der Waals surface area contributed by atoms with E-state index in [1.807, 2.05) is 12.1 Å². The van der Waals surface area contributed by atoms with Crippen LogP contribution in [0.4, 0.5) is 5.69 Å². The van der Waals surface area contributed by atoms with Crippen molar-refractivity contribution in [1.82, 2.24) is 0 Å². The normalized spacial score (nSPS) is 20.8. The zero-order chi connectivity index (χ0) is 17.9. The molecule has 4 heteroatoms. The summed E-state index contributed by atoms with van der Waals surface area (Å²) < 4.78 is 0. The van der Waals surface area contributed by atoms with Crippen molar-refractivity contribution < 1.29 is 0 Å². The second-order valence-corrected chi connectivity index (χ2v) is 6.30. The van der Waals surface area contributed by atoms with Crippen molar-refractivity contribution in [2.24, 2.45) is 15.0 Å². The van der Waals surface area contributed by atoms with E-state index in [0.717, 1.165) is 17.2 Å². The minimum atomic E-state index is -0.122. The van der Waals surface area contributed by atoms with Crippen molar-refractivity contribution in [3.8, 4) is 11.1 Å². The minimum absolute atomic E-state index is 0.0365. The topological polar surface area (TPSA) is 49.1 Å². The van der Waals surface area contributed by atoms with Crippen LogP contribution in [0.5, 0.6) is 0 Å². The van der Waals surface area contributed by atoms with Gasteiger partial charge in [-0.05, 0) is 41.8 Å². The van der Waals surface area contributed by atoms with Gasteiger partial charge in [-0.2, -0.15) is 0 Å². The van der Waals surface area contributed by atoms with Crippen LogP contribution < -0.4 is 5.32 Å². The number of benzene rings is 2. The van der Waals surface area contributed by atoms with Gasteiger partial charge in [0.2, 0.25) is 0 Å². The SMILES string of the molecule is C=CC1=NC2C=CN=C(Nc3cccc(-c4ccccc4)c3C)C2N=C1. The van der Waals surface area contributed by atoms with E-state index in [-0.39, 0.29) is 12.1 Å². The molecule has 2 aromatic carbocycles. The summed E-state index contributed by atoms with van der Waals surface area (Å²) in [5.41, 5.74) is 5.43. The van der Waals surface area contributed by atoms with Crippen LogP contribution in [-0.2, 0) is 0 Å². The summed E-state index contributed by atoms with van der Waals surface area (Å²) in [6.07, 6.45) is 7.26. The first-order chi connectivity index (χ1) is 12.8. The third-order valence-corrected chi connectivity index (χ3v) is 4.66. The van der Waals surface area contributed by atoms with Crippen molar-refractivity contribution >= 4 is 23.4 Å². The van der Waals surface area contributed by atoms with E-state index < -0.39 is 0 Å². The van der Waals surface area contributed by atoms with Crippen molar-refractivity contribution in [2.75, 3.05) is 5.32 Å². The van der Waals surface area contributed by atoms with Gasteiger partial charge in [0.1, 0.15) is 17.9 Å². The Balaban J connectivity index is 1.63. The van der Waals surface area contributed by atoms with E-state index >= 15 is 0 Å². The smallest absolute Gasteiger partial charge is 0.133 e. The Morgan fingerprint density at radius 1 is 1.08 bits per heavy atom. The molecule has 0 spiro atoms. The minimum Gasteiger partial charge on any atom is -0.342 e. The van der Waals surface area contributed by atoms with Crippen molar-refractivity contribution in [3.05, 3.63) is 79.0 Å². The van der Waals surface area contributed by atoms with Crippen molar-refractivity contribution in [1.29, 1.82) is 0 Å². The molecule has 2 heterocycles. The first kappa shape index (κ1) is 16.2. The van der Waals surface area contributed by atoms with Crippen LogP contribution in [0.3, 0.4) is 0 Å². The number of rotatable bonds is 3. The number of anilines is 1. The van der Waals surface area contributed by atoms with E-state index in [4.69, 9.17) is 0 Å². The zero-order valence-corrected chi connectivity index (χ0v) is 14.6. The number of hydrogen-bond acceptors (Lipinski definition) is 4. The fraction of sp³-hybridized carbons (Fsp3) is 0.136. The number of nitrogens with zero attached hydrogens (tertiary/aromatic N) is 3. The number of hydrogen-bond donors (Lipinski definition) is 1. The maximum Gasteiger partial charge on any atom is 0.133 e. The van der Waals surface area contributed by atoms with E-state index in [2.05, 4.69) is 76.3 Å². The lowest BCUT2D eigenvalue weighted by atomic mass is 9.98. The van der Waals surface area contributed by atoms with Gasteiger partial charge in [0.15, 0.2) is 0 Å². The molecule has 2 atom stereocenters. The van der Waals surface area contributed by atoms with E-state index in [0.29, 0.717) is 0 Å². The standard InChI is InChI=1S/C22H20N4/c1-3-17-14-24-21-20(25-17)12-13-23-22(21)26-19-11-7-10-18(15(19)2)16-8-5-4-6-9-16/h3-14,20-21H,1H2,2H3,(H,23,26). The Kier molecular flexibility index (Phi) is 4.32. The molecular weight excluding hydrogens is 320 g/mol. The average Bonchev–Trinajstić information content (AvgIpc) is 2.70. The third kappa shape index (κ3) is 3.02. The van der Waals surface area contributed by atoms with E-state index in [9.17, 15) is 0 Å². The summed E-state index contributed by atoms with van der Waals surface area (Å²) in [5, 5.41) is 3.48. The Morgan fingerprint density at radius 3 is 2.73 bits per heavy atom. The largest absolute Gasteiger partial charge is 0.342 e. The molecule has 0 saturated heterocycles. The molecule has 0 saturated carbocycles. The van der Waals surface area contributed by atoms with Gasteiger partial charge in [0.25, 0.3) is 0 Å². The molecule has 4 rings (SSSR count). The molecule has 0 aromatic heterocycles. The van der Waals surface area contributed by atoms with Crippen LogP contribution in [0.15, 0.2) is 88.4 Å². The summed E-state index contributed by atoms with van der Waals surface area (Å²) in [7, 11) is 0. The average molecular weight is 340 g/mol. The van der Waals surface area contributed by atoms with Crippen LogP contribution >= 0.6 is 0 Å². The zero-order valence-electron chi connectivity index (χ0n) is 14.6. The highest BCUT2D eigenvalue weighted by Crippen LogP contribution is 2.29. The van der Waals surface area contributed by atoms with Gasteiger partial charge in [-0.25, -0.2) is 4.99 Å². The summed E-state index contributed by atoms with van der Waals surface area (Å²) in [6, 6.07) is 16.5. The molecule has 2 aliphatic rings. The number of amidine groups is 1. The fourth-order valence-corrected chi connectivity index (χ4v) is 3.24. The van der Waals surface area contributed by atoms with Crippen LogP contribution in [0.1, 0.15) is 5.56 Å². The Bertz CT molecular complexity index is 951. The molecule has 2 aromatic rings. The highest BCUT2D eigenvalue weighted by Gasteiger charge is 2.28. The Hall–Kier alpha value is -3.27. The Morgan fingerprint density at radius 2 is 1.92 bits per heavy atom. The highest BCUT2D eigenvalue weighted by atomic mass is 15.1. The van der Waals surface area contributed by atoms with Gasteiger partial charge in [0.05, 0.1) is 5.71 Å². The summed E-state index contributed by atoms with van der Waals surface area (Å²) in [4.78, 5) is 13.8. The van der Waals surface area contributed by atoms with E-state index in [1.165, 1.54) is 16.7 Å². The second kappa shape index (κ2) is 6.92. The van der Waals surface area contributed by atoms with Gasteiger partial charge in [-0.3, -0.25) is 9.98 Å². The number of allylic oxidation sites excluding steroid dienone is 1. The van der Waals surface area contributed by atoms with Crippen LogP contribution in [0, 0.1) is 6.92 Å². The van der Waals surface area contributed by atoms with Crippen LogP contribution in [0.2, 0.25) is 0 Å². The highest BCUT2D eigenvalue weighted by molar-refractivity contribution is 6.36. The molecule has 26 heavy (non-hydrogen) atoms. The fourth-order valence-electron chi connectivity index (χ4n) is 3.24. The number of aliphatic imine (C=N–C) groups is 3. The summed E-state index contributed by atoms with van der Waals surface area (Å²) >= 11 is 0. The lowest BCUT2D eigenvalue weighted by Gasteiger charge is -2.27. The monoisotopic (exact) mass is 340 g/mol. The summed E-state index contributed by atoms with van der Waals surface area (Å²) in [5.74, 6) is 0.814. The molecule has 0 fully saturated rings. The first-order valence-electron chi connectivity index (χ1n) is 8.66. The summed E-state index contributed by atoms with van der Waals surface area (Å²) in [6.45, 7) is 5.89. The number of fused-ring (bicyclic) bond motifs is 1.